The predicted octanol–water partition coefficient (Wildman–Crippen LogP) is 0.261. The van der Waals surface area contributed by atoms with Crippen LogP contribution in [0.2, 0.25) is 0 Å². The van der Waals surface area contributed by atoms with Gasteiger partial charge in [0.05, 0.1) is 5.33 Å². The molecule has 6 heteroatoms. The molecule has 0 saturated carbocycles. The van der Waals surface area contributed by atoms with E-state index in [1.165, 1.54) is 0 Å². The van der Waals surface area contributed by atoms with E-state index in [4.69, 9.17) is 18.1 Å². The van der Waals surface area contributed by atoms with Crippen molar-refractivity contribution in [3.8, 4) is 0 Å². The summed E-state index contributed by atoms with van der Waals surface area (Å²) in [5.74, 6) is 0. The fourth-order valence-electron chi connectivity index (χ4n) is 0. The van der Waals surface area contributed by atoms with Gasteiger partial charge in [-0.2, -0.15) is 4.21 Å². The fourth-order valence-corrected chi connectivity index (χ4v) is 0. The molecule has 0 aromatic heterocycles. The van der Waals surface area contributed by atoms with Gasteiger partial charge in [-0.3, -0.25) is 9.11 Å². The third-order valence-electron chi connectivity index (χ3n) is 0.0630. The van der Waals surface area contributed by atoms with Crippen LogP contribution in [0.5, 0.6) is 0 Å². The van der Waals surface area contributed by atoms with E-state index in [9.17, 15) is 0 Å². The zero-order valence-corrected chi connectivity index (χ0v) is 6.18. The average molecular weight is 205 g/mol. The van der Waals surface area contributed by atoms with Crippen LogP contribution < -0.4 is 0 Å². The van der Waals surface area contributed by atoms with Gasteiger partial charge in [-0.1, -0.05) is 15.9 Å². The highest BCUT2D eigenvalue weighted by molar-refractivity contribution is 9.09. The lowest BCUT2D eigenvalue weighted by molar-refractivity contribution is -0.105. The summed E-state index contributed by atoms with van der Waals surface area (Å²) in [5.41, 5.74) is 0. The van der Waals surface area contributed by atoms with E-state index in [1.54, 1.807) is 0 Å². The Bertz CT molecular complexity index is 70.4. The van der Waals surface area contributed by atoms with E-state index in [0.29, 0.717) is 5.33 Å². The molecule has 0 heterocycles. The molecule has 0 amide bonds. The number of rotatable bonds is 1. The molecule has 0 aliphatic rings. The normalized spacial score (nSPS) is 7.50. The number of aldehydes is 1. The Hall–Kier alpha value is 0.220. The highest BCUT2D eigenvalue weighted by atomic mass is 79.9. The molecular formula is C2H5BrO4S. The lowest BCUT2D eigenvalue weighted by atomic mass is 11.0. The number of alkyl halides is 1. The second-order valence-electron chi connectivity index (χ2n) is 0.552. The van der Waals surface area contributed by atoms with Crippen LogP contribution in [-0.4, -0.2) is 24.9 Å². The second-order valence-corrected chi connectivity index (χ2v) is 1.66. The van der Waals surface area contributed by atoms with Gasteiger partial charge >= 0.3 is 0 Å². The standard InChI is InChI=1S/C2H3BrO.H2O3S/c3-1-2-4;1-4(2)3/h2H,1H2;(H2,1,2,3). The zero-order valence-electron chi connectivity index (χ0n) is 3.78. The maximum absolute atomic E-state index is 9.13. The first-order valence-corrected chi connectivity index (χ1v) is 3.63. The molecule has 0 aromatic rings. The van der Waals surface area contributed by atoms with Crippen LogP contribution in [0.1, 0.15) is 0 Å². The first-order valence-electron chi connectivity index (χ1n) is 1.44. The van der Waals surface area contributed by atoms with Crippen LogP contribution in [0.3, 0.4) is 0 Å². The lowest BCUT2D eigenvalue weighted by Crippen LogP contribution is -1.74. The van der Waals surface area contributed by atoms with Crippen molar-refractivity contribution in [2.45, 2.75) is 0 Å². The Balaban J connectivity index is 0. The van der Waals surface area contributed by atoms with E-state index in [0.717, 1.165) is 6.29 Å². The summed E-state index contributed by atoms with van der Waals surface area (Å²) >= 11 is 0.269. The predicted molar refractivity (Wildman–Crippen MR) is 33.3 cm³/mol. The molecule has 0 atom stereocenters. The van der Waals surface area contributed by atoms with Crippen LogP contribution in [0.15, 0.2) is 0 Å². The minimum atomic E-state index is -2.61. The molecule has 0 rings (SSSR count). The van der Waals surface area contributed by atoms with E-state index in [2.05, 4.69) is 15.9 Å². The van der Waals surface area contributed by atoms with Crippen LogP contribution in [0.25, 0.3) is 0 Å². The molecule has 0 aliphatic carbocycles. The van der Waals surface area contributed by atoms with Gasteiger partial charge in [0.2, 0.25) is 0 Å². The number of carbonyl (C=O) groups is 1. The Morgan fingerprint density at radius 1 is 1.62 bits per heavy atom. The van der Waals surface area contributed by atoms with Gasteiger partial charge < -0.3 is 4.79 Å². The number of hydrogen-bond donors (Lipinski definition) is 2. The van der Waals surface area contributed by atoms with Crippen molar-refractivity contribution in [2.75, 3.05) is 5.33 Å². The number of carbonyl (C=O) groups excluding carboxylic acids is 1. The summed E-state index contributed by atoms with van der Waals surface area (Å²) in [7, 11) is 0. The first-order chi connectivity index (χ1) is 3.65. The van der Waals surface area contributed by atoms with Gasteiger partial charge in [-0.05, 0) is 0 Å². The van der Waals surface area contributed by atoms with Gasteiger partial charge in [0.1, 0.15) is 6.29 Å². The second kappa shape index (κ2) is 10.3. The van der Waals surface area contributed by atoms with Crippen LogP contribution >= 0.6 is 15.9 Å². The average Bonchev–Trinajstić information content (AvgIpc) is 1.65. The molecule has 8 heavy (non-hydrogen) atoms. The van der Waals surface area contributed by atoms with Crippen molar-refractivity contribution in [1.29, 1.82) is 0 Å². The van der Waals surface area contributed by atoms with Gasteiger partial charge in [-0.15, -0.1) is 0 Å². The summed E-state index contributed by atoms with van der Waals surface area (Å²) in [6, 6.07) is 0. The molecule has 50 valence electrons. The molecule has 0 bridgehead atoms. The number of halogens is 1. The van der Waals surface area contributed by atoms with Gasteiger partial charge in [0.15, 0.2) is 0 Å². The van der Waals surface area contributed by atoms with Crippen LogP contribution in [0, 0.1) is 0 Å². The summed E-state index contributed by atoms with van der Waals surface area (Å²) in [6.45, 7) is 0. The van der Waals surface area contributed by atoms with E-state index >= 15 is 0 Å². The summed E-state index contributed by atoms with van der Waals surface area (Å²) in [6.07, 6.45) is 0.792. The van der Waals surface area contributed by atoms with Crippen LogP contribution in [-0.2, 0) is 16.2 Å². The van der Waals surface area contributed by atoms with Crippen molar-refractivity contribution in [3.05, 3.63) is 0 Å². The minimum Gasteiger partial charge on any atom is -0.302 e. The third-order valence-corrected chi connectivity index (χ3v) is 0.327. The topological polar surface area (TPSA) is 74.6 Å². The van der Waals surface area contributed by atoms with Gasteiger partial charge in [-0.25, -0.2) is 0 Å². The Labute approximate surface area is 57.5 Å². The molecule has 0 saturated heterocycles. The largest absolute Gasteiger partial charge is 0.302 e. The maximum Gasteiger partial charge on any atom is 0.299 e. The Morgan fingerprint density at radius 2 is 1.75 bits per heavy atom. The molecule has 0 spiro atoms. The van der Waals surface area contributed by atoms with Crippen molar-refractivity contribution >= 4 is 33.6 Å². The van der Waals surface area contributed by atoms with Crippen molar-refractivity contribution in [2.24, 2.45) is 0 Å². The quantitative estimate of drug-likeness (QED) is 0.365. The summed E-state index contributed by atoms with van der Waals surface area (Å²) in [4.78, 5) is 9.13. The smallest absolute Gasteiger partial charge is 0.299 e. The monoisotopic (exact) mass is 204 g/mol. The minimum absolute atomic E-state index is 0.451. The van der Waals surface area contributed by atoms with Crippen molar-refractivity contribution in [1.82, 2.24) is 0 Å². The molecular weight excluding hydrogens is 200 g/mol. The fraction of sp³-hybridized carbons (Fsp3) is 0.500. The molecule has 4 nitrogen and oxygen atoms in total. The highest BCUT2D eigenvalue weighted by Crippen LogP contribution is 1.65. The molecule has 0 aliphatic heterocycles. The molecule has 0 radical (unpaired) electrons. The summed E-state index contributed by atoms with van der Waals surface area (Å²) in [5, 5.41) is 0.451. The Kier molecular flexibility index (Phi) is 14.2. The van der Waals surface area contributed by atoms with Crippen LogP contribution in [0.4, 0.5) is 0 Å². The summed E-state index contributed by atoms with van der Waals surface area (Å²) < 4.78 is 22.8. The highest BCUT2D eigenvalue weighted by Gasteiger charge is 1.62. The van der Waals surface area contributed by atoms with Crippen molar-refractivity contribution in [3.63, 3.8) is 0 Å². The van der Waals surface area contributed by atoms with E-state index in [-0.39, 0.29) is 0 Å². The number of hydrogen-bond acceptors (Lipinski definition) is 2. The Morgan fingerprint density at radius 3 is 1.75 bits per heavy atom. The molecule has 0 aromatic carbocycles. The third kappa shape index (κ3) is 114. The molecule has 0 fully saturated rings. The molecule has 0 unspecified atom stereocenters. The zero-order chi connectivity index (χ0) is 6.99. The van der Waals surface area contributed by atoms with Gasteiger partial charge in [0, 0.05) is 0 Å². The molecule has 2 N–H and O–H groups in total. The van der Waals surface area contributed by atoms with E-state index in [1.807, 2.05) is 0 Å². The van der Waals surface area contributed by atoms with Gasteiger partial charge in [0.25, 0.3) is 11.4 Å². The lowest BCUT2D eigenvalue weighted by Gasteiger charge is -1.59. The maximum atomic E-state index is 9.13. The van der Waals surface area contributed by atoms with Crippen molar-refractivity contribution < 1.29 is 18.1 Å². The SMILES string of the molecule is O=CCBr.O=S(O)O. The van der Waals surface area contributed by atoms with E-state index < -0.39 is 11.4 Å². The first kappa shape index (κ1) is 11.1.